The van der Waals surface area contributed by atoms with Gasteiger partial charge in [0.25, 0.3) is 0 Å². The van der Waals surface area contributed by atoms with Gasteiger partial charge in [-0.2, -0.15) is 47.9 Å². The smallest absolute Gasteiger partial charge is 0.375 e. The van der Waals surface area contributed by atoms with Gasteiger partial charge in [-0.05, 0) is 12.1 Å². The minimum absolute atomic E-state index is 0.230. The number of nitrogens with zero attached hydrogens (tertiary/aromatic N) is 1. The zero-order valence-corrected chi connectivity index (χ0v) is 12.6. The number of aromatic nitrogens is 1. The summed E-state index contributed by atoms with van der Waals surface area (Å²) in [5, 5.41) is -0.999. The molecule has 4 nitrogen and oxygen atoms in total. The lowest BCUT2D eigenvalue weighted by Crippen LogP contribution is -2.28. The van der Waals surface area contributed by atoms with Crippen LogP contribution in [-0.2, 0) is 22.5 Å². The van der Waals surface area contributed by atoms with Crippen molar-refractivity contribution in [3.05, 3.63) is 35.5 Å². The molecule has 0 saturated heterocycles. The Labute approximate surface area is 138 Å². The molecule has 0 fully saturated rings. The molecule has 0 aliphatic heterocycles. The minimum atomic E-state index is -6.43. The zero-order chi connectivity index (χ0) is 20.1. The van der Waals surface area contributed by atoms with E-state index in [-0.39, 0.29) is 6.07 Å². The van der Waals surface area contributed by atoms with Crippen molar-refractivity contribution >= 4 is 21.0 Å². The lowest BCUT2D eigenvalue weighted by molar-refractivity contribution is -0.142. The summed E-state index contributed by atoms with van der Waals surface area (Å²) < 4.78 is 140. The highest BCUT2D eigenvalue weighted by Crippen LogP contribution is 2.41. The monoisotopic (exact) mass is 413 g/mol. The van der Waals surface area contributed by atoms with Crippen molar-refractivity contribution in [3.63, 3.8) is 0 Å². The summed E-state index contributed by atoms with van der Waals surface area (Å²) in [4.78, 5) is 2.76. The van der Waals surface area contributed by atoms with Crippen molar-refractivity contribution in [2.45, 2.75) is 17.9 Å². The fourth-order valence-electron chi connectivity index (χ4n) is 1.83. The predicted molar refractivity (Wildman–Crippen MR) is 67.3 cm³/mol. The van der Waals surface area contributed by atoms with E-state index in [4.69, 9.17) is 0 Å². The van der Waals surface area contributed by atoms with Gasteiger partial charge in [-0.15, -0.1) is 0 Å². The second kappa shape index (κ2) is 5.89. The summed E-state index contributed by atoms with van der Waals surface area (Å²) >= 11 is 0. The molecule has 1 aromatic carbocycles. The zero-order valence-electron chi connectivity index (χ0n) is 11.8. The molecule has 0 atom stereocenters. The fourth-order valence-corrected chi connectivity index (χ4v) is 2.29. The first-order valence-corrected chi connectivity index (χ1v) is 7.54. The minimum Gasteiger partial charge on any atom is -0.375 e. The Bertz CT molecular complexity index is 945. The standard InChI is InChI=1S/C12H4F9NO3S/c13-10(14,15)6-3-1-2-5-7(25-26(23,24)12(19,20)21)4-8(11(16,17)18)22-9(5)6/h1-4H. The highest BCUT2D eigenvalue weighted by atomic mass is 32.2. The average Bonchev–Trinajstić information content (AvgIpc) is 2.42. The van der Waals surface area contributed by atoms with Crippen molar-refractivity contribution in [1.82, 2.24) is 4.98 Å². The molecular formula is C12H4F9NO3S. The fraction of sp³-hybridized carbons (Fsp3) is 0.250. The Hall–Kier alpha value is -2.25. The van der Waals surface area contributed by atoms with Crippen molar-refractivity contribution in [2.24, 2.45) is 0 Å². The van der Waals surface area contributed by atoms with Gasteiger partial charge in [0.2, 0.25) is 0 Å². The summed E-state index contributed by atoms with van der Waals surface area (Å²) in [5.74, 6) is -1.59. The quantitative estimate of drug-likeness (QED) is 0.413. The number of hydrogen-bond acceptors (Lipinski definition) is 4. The van der Waals surface area contributed by atoms with Gasteiger partial charge in [0.05, 0.1) is 11.1 Å². The van der Waals surface area contributed by atoms with Crippen molar-refractivity contribution in [3.8, 4) is 5.75 Å². The van der Waals surface area contributed by atoms with Crippen molar-refractivity contribution < 1.29 is 52.1 Å². The molecule has 2 aromatic rings. The first-order chi connectivity index (χ1) is 11.5. The van der Waals surface area contributed by atoms with E-state index < -0.39 is 55.9 Å². The van der Waals surface area contributed by atoms with Crippen LogP contribution in [-0.4, -0.2) is 18.9 Å². The van der Waals surface area contributed by atoms with Gasteiger partial charge in [0, 0.05) is 11.5 Å². The lowest BCUT2D eigenvalue weighted by Gasteiger charge is -2.16. The van der Waals surface area contributed by atoms with Gasteiger partial charge < -0.3 is 4.18 Å². The van der Waals surface area contributed by atoms with Gasteiger partial charge in [0.15, 0.2) is 5.75 Å². The summed E-state index contributed by atoms with van der Waals surface area (Å²) in [6.07, 6.45) is -10.6. The SMILES string of the molecule is O=S(=O)(Oc1cc(C(F)(F)F)nc2c(C(F)(F)F)cccc12)C(F)(F)F. The Balaban J connectivity index is 2.86. The van der Waals surface area contributed by atoms with E-state index in [9.17, 15) is 47.9 Å². The maximum atomic E-state index is 12.9. The first kappa shape index (κ1) is 20.1. The number of benzene rings is 1. The molecule has 144 valence electrons. The summed E-state index contributed by atoms with van der Waals surface area (Å²) in [7, 11) is -6.43. The van der Waals surface area contributed by atoms with E-state index in [2.05, 4.69) is 9.17 Å². The van der Waals surface area contributed by atoms with E-state index in [1.165, 1.54) is 0 Å². The Kier molecular flexibility index (Phi) is 4.54. The van der Waals surface area contributed by atoms with Crippen LogP contribution in [0, 0.1) is 0 Å². The van der Waals surface area contributed by atoms with Crippen LogP contribution in [0.1, 0.15) is 11.3 Å². The third kappa shape index (κ3) is 3.78. The molecule has 0 radical (unpaired) electrons. The molecule has 2 rings (SSSR count). The topological polar surface area (TPSA) is 56.3 Å². The van der Waals surface area contributed by atoms with E-state index in [0.29, 0.717) is 18.2 Å². The molecule has 26 heavy (non-hydrogen) atoms. The molecule has 1 aromatic heterocycles. The molecule has 0 aliphatic rings. The second-order valence-corrected chi connectivity index (χ2v) is 6.22. The van der Waals surface area contributed by atoms with Crippen LogP contribution in [0.2, 0.25) is 0 Å². The van der Waals surface area contributed by atoms with Crippen LogP contribution in [0.25, 0.3) is 10.9 Å². The van der Waals surface area contributed by atoms with Gasteiger partial charge in [-0.3, -0.25) is 0 Å². The maximum Gasteiger partial charge on any atom is 0.534 e. The molecule has 0 aliphatic carbocycles. The second-order valence-electron chi connectivity index (χ2n) is 4.69. The molecule has 1 heterocycles. The molecule has 0 unspecified atom stereocenters. The Morgan fingerprint density at radius 2 is 1.46 bits per heavy atom. The Morgan fingerprint density at radius 3 is 1.92 bits per heavy atom. The van der Waals surface area contributed by atoms with Crippen LogP contribution in [0.3, 0.4) is 0 Å². The van der Waals surface area contributed by atoms with Gasteiger partial charge in [-0.25, -0.2) is 4.98 Å². The largest absolute Gasteiger partial charge is 0.534 e. The number of alkyl halides is 9. The summed E-state index contributed by atoms with van der Waals surface area (Å²) in [6, 6.07) is 1.38. The highest BCUT2D eigenvalue weighted by molar-refractivity contribution is 7.88. The molecule has 0 bridgehead atoms. The first-order valence-electron chi connectivity index (χ1n) is 6.13. The van der Waals surface area contributed by atoms with E-state index >= 15 is 0 Å². The normalized spacial score (nSPS) is 13.9. The Morgan fingerprint density at radius 1 is 0.885 bits per heavy atom. The third-order valence-electron chi connectivity index (χ3n) is 2.88. The van der Waals surface area contributed by atoms with Crippen LogP contribution in [0.5, 0.6) is 5.75 Å². The number of halogens is 9. The number of hydrogen-bond donors (Lipinski definition) is 0. The molecule has 0 saturated carbocycles. The van der Waals surface area contributed by atoms with Gasteiger partial charge in [0.1, 0.15) is 5.69 Å². The van der Waals surface area contributed by atoms with Crippen LogP contribution >= 0.6 is 0 Å². The maximum absolute atomic E-state index is 12.9. The van der Waals surface area contributed by atoms with Gasteiger partial charge in [-0.1, -0.05) is 6.07 Å². The van der Waals surface area contributed by atoms with E-state index in [0.717, 1.165) is 0 Å². The van der Waals surface area contributed by atoms with Crippen molar-refractivity contribution in [1.29, 1.82) is 0 Å². The van der Waals surface area contributed by atoms with Gasteiger partial charge >= 0.3 is 28.0 Å². The third-order valence-corrected chi connectivity index (χ3v) is 3.85. The predicted octanol–water partition coefficient (Wildman–Crippen LogP) is 4.50. The molecule has 0 amide bonds. The molecule has 0 N–H and O–H groups in total. The molecule has 14 heteroatoms. The van der Waals surface area contributed by atoms with E-state index in [1.54, 1.807) is 0 Å². The van der Waals surface area contributed by atoms with Crippen LogP contribution in [0.4, 0.5) is 39.5 Å². The number of pyridine rings is 1. The molecule has 0 spiro atoms. The summed E-state index contributed by atoms with van der Waals surface area (Å²) in [6.45, 7) is 0. The van der Waals surface area contributed by atoms with Crippen LogP contribution in [0.15, 0.2) is 24.3 Å². The summed E-state index contributed by atoms with van der Waals surface area (Å²) in [5.41, 5.74) is -11.2. The average molecular weight is 413 g/mol. The highest BCUT2D eigenvalue weighted by Gasteiger charge is 2.49. The lowest BCUT2D eigenvalue weighted by atomic mass is 10.1. The number of para-hydroxylation sites is 1. The van der Waals surface area contributed by atoms with Crippen LogP contribution < -0.4 is 4.18 Å². The molecular weight excluding hydrogens is 409 g/mol. The number of fused-ring (bicyclic) bond motifs is 1. The number of rotatable bonds is 2. The van der Waals surface area contributed by atoms with Crippen molar-refractivity contribution in [2.75, 3.05) is 0 Å². The van der Waals surface area contributed by atoms with E-state index in [1.807, 2.05) is 0 Å².